The zero-order chi connectivity index (χ0) is 30.8. The first kappa shape index (κ1) is 29.3. The summed E-state index contributed by atoms with van der Waals surface area (Å²) in [6.45, 7) is 4.93. The minimum Gasteiger partial charge on any atom is -0.437 e. The second-order valence-corrected chi connectivity index (χ2v) is 10.8. The normalized spacial score (nSPS) is 14.6. The lowest BCUT2D eigenvalue weighted by molar-refractivity contribution is -0.138. The Balaban J connectivity index is 1.24. The van der Waals surface area contributed by atoms with Gasteiger partial charge in [0.1, 0.15) is 11.3 Å². The molecule has 0 radical (unpaired) electrons. The number of anilines is 1. The maximum atomic E-state index is 14.1. The van der Waals surface area contributed by atoms with E-state index in [1.54, 1.807) is 61.9 Å². The van der Waals surface area contributed by atoms with Crippen LogP contribution in [0.2, 0.25) is 0 Å². The Labute approximate surface area is 251 Å². The predicted molar refractivity (Wildman–Crippen MR) is 161 cm³/mol. The van der Waals surface area contributed by atoms with Gasteiger partial charge in [-0.25, -0.2) is 4.98 Å². The summed E-state index contributed by atoms with van der Waals surface area (Å²) in [5, 5.41) is 2.64. The summed E-state index contributed by atoms with van der Waals surface area (Å²) in [7, 11) is 2.00. The van der Waals surface area contributed by atoms with E-state index in [0.29, 0.717) is 41.3 Å². The molecular formula is C32H30F3N7O2. The molecule has 5 aromatic rings. The van der Waals surface area contributed by atoms with Gasteiger partial charge in [-0.2, -0.15) is 18.2 Å². The molecule has 0 unspecified atom stereocenters. The molecule has 12 heteroatoms. The fourth-order valence-corrected chi connectivity index (χ4v) is 5.14. The summed E-state index contributed by atoms with van der Waals surface area (Å²) in [5.74, 6) is 0.469. The number of likely N-dealkylation sites (N-methyl/N-ethyl adjacent to an activating group) is 1. The molecule has 1 saturated heterocycles. The molecular weight excluding hydrogens is 571 g/mol. The minimum absolute atomic E-state index is 0.0565. The maximum absolute atomic E-state index is 14.1. The van der Waals surface area contributed by atoms with Crippen LogP contribution in [0.5, 0.6) is 11.6 Å². The van der Waals surface area contributed by atoms with E-state index in [1.807, 2.05) is 11.9 Å². The lowest BCUT2D eigenvalue weighted by Gasteiger charge is -2.33. The number of alkyl halides is 3. The average molecular weight is 602 g/mol. The highest BCUT2D eigenvalue weighted by Crippen LogP contribution is 2.35. The molecule has 3 aromatic heterocycles. The molecule has 6 rings (SSSR count). The molecule has 0 aliphatic carbocycles. The summed E-state index contributed by atoms with van der Waals surface area (Å²) in [6.07, 6.45) is 0.443. The van der Waals surface area contributed by atoms with Gasteiger partial charge >= 0.3 is 6.18 Å². The van der Waals surface area contributed by atoms with Gasteiger partial charge in [0, 0.05) is 68.1 Å². The Morgan fingerprint density at radius 2 is 1.77 bits per heavy atom. The van der Waals surface area contributed by atoms with Crippen LogP contribution in [0.3, 0.4) is 0 Å². The lowest BCUT2D eigenvalue weighted by Crippen LogP contribution is -2.44. The zero-order valence-electron chi connectivity index (χ0n) is 24.2. The van der Waals surface area contributed by atoms with Crippen LogP contribution in [0.4, 0.5) is 18.9 Å². The number of aromatic amines is 1. The van der Waals surface area contributed by atoms with Crippen molar-refractivity contribution in [2.45, 2.75) is 19.6 Å². The smallest absolute Gasteiger partial charge is 0.416 e. The number of aryl methyl sites for hydroxylation is 1. The standard InChI is InChI=1S/C32H30F3N7O2/c1-20-3-6-24(44-31-28-27(9-12-37-28)39-29(40-31)21-7-10-36-11-8-21)18-25(20)30(43)38-23-5-4-22(26(17-23)32(33,34)35)19-42-15-13-41(2)14-16-42/h3-12,17-18,37H,13-16,19H2,1-2H3,(H,38,43). The Bertz CT molecular complexity index is 1800. The van der Waals surface area contributed by atoms with Gasteiger partial charge in [0.2, 0.25) is 5.88 Å². The van der Waals surface area contributed by atoms with E-state index in [2.05, 4.69) is 30.2 Å². The number of nitrogens with one attached hydrogen (secondary N) is 2. The number of halogens is 3. The number of carbonyl (C=O) groups excluding carboxylic acids is 1. The van der Waals surface area contributed by atoms with Crippen LogP contribution < -0.4 is 10.1 Å². The largest absolute Gasteiger partial charge is 0.437 e. The van der Waals surface area contributed by atoms with E-state index in [1.165, 1.54) is 12.1 Å². The molecule has 226 valence electrons. The van der Waals surface area contributed by atoms with Gasteiger partial charge in [0.05, 0.1) is 11.1 Å². The number of amides is 1. The predicted octanol–water partition coefficient (Wildman–Crippen LogP) is 6.14. The molecule has 1 aliphatic heterocycles. The van der Waals surface area contributed by atoms with Gasteiger partial charge in [0.25, 0.3) is 5.91 Å². The van der Waals surface area contributed by atoms with Crippen LogP contribution in [-0.4, -0.2) is 68.9 Å². The summed E-state index contributed by atoms with van der Waals surface area (Å²) < 4.78 is 48.4. The Kier molecular flexibility index (Phi) is 8.02. The number of fused-ring (bicyclic) bond motifs is 1. The quantitative estimate of drug-likeness (QED) is 0.231. The van der Waals surface area contributed by atoms with Crippen molar-refractivity contribution in [2.75, 3.05) is 38.5 Å². The van der Waals surface area contributed by atoms with Crippen LogP contribution in [0.1, 0.15) is 27.0 Å². The van der Waals surface area contributed by atoms with Crippen LogP contribution in [0.25, 0.3) is 22.4 Å². The van der Waals surface area contributed by atoms with Gasteiger partial charge in [-0.15, -0.1) is 0 Å². The first-order chi connectivity index (χ1) is 21.1. The third-order valence-electron chi connectivity index (χ3n) is 7.64. The highest BCUT2D eigenvalue weighted by Gasteiger charge is 2.34. The number of hydrogen-bond donors (Lipinski definition) is 2. The third kappa shape index (κ3) is 6.41. The molecule has 44 heavy (non-hydrogen) atoms. The second-order valence-electron chi connectivity index (χ2n) is 10.8. The van der Waals surface area contributed by atoms with Crippen molar-refractivity contribution in [3.8, 4) is 23.0 Å². The minimum atomic E-state index is -4.57. The van der Waals surface area contributed by atoms with Gasteiger partial charge in [-0.05, 0) is 67.6 Å². The summed E-state index contributed by atoms with van der Waals surface area (Å²) in [4.78, 5) is 33.8. The van der Waals surface area contributed by atoms with Crippen LogP contribution >= 0.6 is 0 Å². The Hall–Kier alpha value is -4.81. The molecule has 0 spiro atoms. The summed E-state index contributed by atoms with van der Waals surface area (Å²) in [6, 6.07) is 14.3. The number of nitrogens with zero attached hydrogens (tertiary/aromatic N) is 5. The van der Waals surface area contributed by atoms with E-state index in [-0.39, 0.29) is 29.2 Å². The van der Waals surface area contributed by atoms with Gasteiger partial charge < -0.3 is 19.9 Å². The van der Waals surface area contributed by atoms with Crippen molar-refractivity contribution < 1.29 is 22.7 Å². The first-order valence-electron chi connectivity index (χ1n) is 14.1. The molecule has 0 atom stereocenters. The molecule has 0 bridgehead atoms. The van der Waals surface area contributed by atoms with Crippen molar-refractivity contribution in [1.29, 1.82) is 0 Å². The monoisotopic (exact) mass is 601 g/mol. The van der Waals surface area contributed by atoms with Crippen LogP contribution in [0, 0.1) is 6.92 Å². The van der Waals surface area contributed by atoms with E-state index in [4.69, 9.17) is 4.74 Å². The molecule has 1 fully saturated rings. The number of carbonyl (C=O) groups is 1. The molecule has 9 nitrogen and oxygen atoms in total. The Morgan fingerprint density at radius 1 is 1.00 bits per heavy atom. The van der Waals surface area contributed by atoms with Crippen molar-refractivity contribution in [3.05, 3.63) is 95.4 Å². The number of hydrogen-bond acceptors (Lipinski definition) is 7. The zero-order valence-corrected chi connectivity index (χ0v) is 24.2. The van der Waals surface area contributed by atoms with Crippen LogP contribution in [-0.2, 0) is 12.7 Å². The molecule has 0 saturated carbocycles. The van der Waals surface area contributed by atoms with Gasteiger partial charge in [-0.1, -0.05) is 12.1 Å². The average Bonchev–Trinajstić information content (AvgIpc) is 3.49. The lowest BCUT2D eigenvalue weighted by atomic mass is 10.0. The highest BCUT2D eigenvalue weighted by molar-refractivity contribution is 6.05. The fraction of sp³-hybridized carbons (Fsp3) is 0.250. The van der Waals surface area contributed by atoms with Crippen molar-refractivity contribution in [2.24, 2.45) is 0 Å². The molecule has 2 aromatic carbocycles. The second kappa shape index (κ2) is 12.1. The number of benzene rings is 2. The molecule has 1 aliphatic rings. The maximum Gasteiger partial charge on any atom is 0.416 e. The molecule has 2 N–H and O–H groups in total. The SMILES string of the molecule is Cc1ccc(Oc2nc(-c3ccncc3)nc3cc[nH]c23)cc1C(=O)Nc1ccc(CN2CCN(C)CC2)c(C(F)(F)F)c1. The van der Waals surface area contributed by atoms with Gasteiger partial charge in [-0.3, -0.25) is 14.7 Å². The van der Waals surface area contributed by atoms with E-state index in [9.17, 15) is 18.0 Å². The number of pyridine rings is 1. The highest BCUT2D eigenvalue weighted by atomic mass is 19.4. The molecule has 4 heterocycles. The number of aromatic nitrogens is 4. The number of H-pyrrole nitrogens is 1. The fourth-order valence-electron chi connectivity index (χ4n) is 5.14. The van der Waals surface area contributed by atoms with Crippen molar-refractivity contribution in [1.82, 2.24) is 29.7 Å². The summed E-state index contributed by atoms with van der Waals surface area (Å²) >= 11 is 0. The van der Waals surface area contributed by atoms with E-state index >= 15 is 0 Å². The topological polar surface area (TPSA) is 99.3 Å². The van der Waals surface area contributed by atoms with E-state index < -0.39 is 17.6 Å². The first-order valence-corrected chi connectivity index (χ1v) is 14.1. The number of piperazine rings is 1. The number of rotatable bonds is 7. The summed E-state index contributed by atoms with van der Waals surface area (Å²) in [5.41, 5.74) is 2.33. The third-order valence-corrected chi connectivity index (χ3v) is 7.64. The Morgan fingerprint density at radius 3 is 2.52 bits per heavy atom. The number of ether oxygens (including phenoxy) is 1. The van der Waals surface area contributed by atoms with Gasteiger partial charge in [0.15, 0.2) is 5.82 Å². The van der Waals surface area contributed by atoms with Crippen LogP contribution in [0.15, 0.2) is 73.2 Å². The van der Waals surface area contributed by atoms with Crippen molar-refractivity contribution in [3.63, 3.8) is 0 Å². The molecule has 1 amide bonds. The van der Waals surface area contributed by atoms with Crippen molar-refractivity contribution >= 4 is 22.6 Å². The van der Waals surface area contributed by atoms with E-state index in [0.717, 1.165) is 24.7 Å².